The molecule has 124 valence electrons. The van der Waals surface area contributed by atoms with Gasteiger partial charge in [-0.3, -0.25) is 0 Å². The monoisotopic (exact) mass is 324 g/mol. The Hall–Kier alpha value is -3.00. The third kappa shape index (κ3) is 3.33. The minimum atomic E-state index is -0.325. The molecular weight excluding hydrogens is 303 g/mol. The van der Waals surface area contributed by atoms with Crippen LogP contribution in [-0.4, -0.2) is 31.0 Å². The second-order valence-electron chi connectivity index (χ2n) is 5.96. The first-order valence-corrected chi connectivity index (χ1v) is 7.44. The van der Waals surface area contributed by atoms with Crippen molar-refractivity contribution in [3.8, 4) is 6.07 Å². The molecule has 24 heavy (non-hydrogen) atoms. The normalized spacial score (nSPS) is 11.2. The van der Waals surface area contributed by atoms with Crippen LogP contribution in [0.15, 0.2) is 48.8 Å². The number of H-pyrrole nitrogens is 1. The summed E-state index contributed by atoms with van der Waals surface area (Å²) in [7, 11) is 5.44. The summed E-state index contributed by atoms with van der Waals surface area (Å²) in [4.78, 5) is 6.69. The Morgan fingerprint density at radius 3 is 2.46 bits per heavy atom. The molecule has 0 spiro atoms. The molecule has 0 saturated heterocycles. The van der Waals surface area contributed by atoms with Crippen molar-refractivity contribution in [3.05, 3.63) is 60.3 Å². The van der Waals surface area contributed by atoms with Gasteiger partial charge in [-0.25, -0.2) is 4.39 Å². The second-order valence-corrected chi connectivity index (χ2v) is 5.96. The van der Waals surface area contributed by atoms with E-state index in [9.17, 15) is 9.65 Å². The first-order valence-electron chi connectivity index (χ1n) is 7.44. The van der Waals surface area contributed by atoms with Gasteiger partial charge in [-0.2, -0.15) is 5.26 Å². The Morgan fingerprint density at radius 1 is 1.25 bits per heavy atom. The maximum absolute atomic E-state index is 14.3. The predicted molar refractivity (Wildman–Crippen MR) is 97.9 cm³/mol. The lowest BCUT2D eigenvalue weighted by molar-refractivity contribution is 0.562. The highest BCUT2D eigenvalue weighted by molar-refractivity contribution is 5.91. The zero-order valence-electron chi connectivity index (χ0n) is 14.4. The summed E-state index contributed by atoms with van der Waals surface area (Å²) in [5.41, 5.74) is 3.67. The Labute approximate surface area is 141 Å². The van der Waals surface area contributed by atoms with E-state index in [4.69, 9.17) is 0 Å². The molecule has 4 nitrogen and oxygen atoms in total. The summed E-state index contributed by atoms with van der Waals surface area (Å²) in [5, 5.41) is 10.0. The number of nitriles is 1. The van der Waals surface area contributed by atoms with Crippen LogP contribution < -0.4 is 4.90 Å². The largest absolute Gasteiger partial charge is 0.382 e. The van der Waals surface area contributed by atoms with Crippen molar-refractivity contribution in [1.29, 1.82) is 5.26 Å². The van der Waals surface area contributed by atoms with E-state index in [-0.39, 0.29) is 5.82 Å². The molecule has 1 aromatic heterocycles. The number of halogens is 1. The summed E-state index contributed by atoms with van der Waals surface area (Å²) in [6, 6.07) is 7.14. The maximum atomic E-state index is 14.3. The van der Waals surface area contributed by atoms with E-state index < -0.39 is 0 Å². The third-order valence-corrected chi connectivity index (χ3v) is 3.78. The Bertz CT molecular complexity index is 881. The van der Waals surface area contributed by atoms with Gasteiger partial charge in [0.25, 0.3) is 0 Å². The summed E-state index contributed by atoms with van der Waals surface area (Å²) < 4.78 is 14.3. The average Bonchev–Trinajstić information content (AvgIpc) is 2.92. The Balaban J connectivity index is 2.51. The van der Waals surface area contributed by atoms with Gasteiger partial charge in [0.1, 0.15) is 11.9 Å². The molecule has 0 radical (unpaired) electrons. The number of nitrogens with zero attached hydrogens (tertiary/aromatic N) is 3. The number of aromatic nitrogens is 1. The quantitative estimate of drug-likeness (QED) is 0.660. The van der Waals surface area contributed by atoms with Gasteiger partial charge < -0.3 is 14.8 Å². The summed E-state index contributed by atoms with van der Waals surface area (Å²) in [6.07, 6.45) is 1.70. The molecule has 0 saturated carbocycles. The number of rotatable bonds is 5. The third-order valence-electron chi connectivity index (χ3n) is 3.78. The van der Waals surface area contributed by atoms with E-state index in [1.807, 2.05) is 21.0 Å². The summed E-state index contributed by atoms with van der Waals surface area (Å²) in [5.74, 6) is -0.325. The fourth-order valence-corrected chi connectivity index (χ4v) is 2.34. The minimum Gasteiger partial charge on any atom is -0.382 e. The fraction of sp³-hybridized carbons (Fsp3) is 0.211. The Kier molecular flexibility index (Phi) is 4.79. The number of benzene rings is 1. The molecule has 1 N–H and O–H groups in total. The number of allylic oxidation sites excluding steroid dienone is 3. The second kappa shape index (κ2) is 6.63. The van der Waals surface area contributed by atoms with Gasteiger partial charge in [-0.1, -0.05) is 13.2 Å². The molecule has 1 heterocycles. The van der Waals surface area contributed by atoms with Gasteiger partial charge in [0.15, 0.2) is 0 Å². The minimum absolute atomic E-state index is 0.325. The standard InChI is InChI=1S/C19H21FN4/c1-12(2)24(6)19-9-18-14(7-16(19)20)8-17(22-18)13(3)15(10-21)11-23(4)5/h7-9,11,22H,1,3H2,2,4-6H3/b15-11+. The van der Waals surface area contributed by atoms with E-state index in [1.54, 1.807) is 35.2 Å². The molecule has 0 aliphatic carbocycles. The lowest BCUT2D eigenvalue weighted by Gasteiger charge is -2.19. The first-order chi connectivity index (χ1) is 11.2. The van der Waals surface area contributed by atoms with Crippen LogP contribution in [0.25, 0.3) is 16.5 Å². The SMILES string of the molecule is C=C(/C(C#N)=C/N(C)C)c1cc2cc(F)c(N(C)C(=C)C)cc2[nH]1. The van der Waals surface area contributed by atoms with E-state index >= 15 is 0 Å². The number of nitrogens with one attached hydrogen (secondary N) is 1. The van der Waals surface area contributed by atoms with Crippen molar-refractivity contribution in [2.24, 2.45) is 0 Å². The average molecular weight is 324 g/mol. The summed E-state index contributed by atoms with van der Waals surface area (Å²) >= 11 is 0. The van der Waals surface area contributed by atoms with E-state index in [0.717, 1.165) is 16.6 Å². The lowest BCUT2D eigenvalue weighted by atomic mass is 10.1. The van der Waals surface area contributed by atoms with Gasteiger partial charge in [0.2, 0.25) is 0 Å². The maximum Gasteiger partial charge on any atom is 0.147 e. The Morgan fingerprint density at radius 2 is 1.92 bits per heavy atom. The lowest BCUT2D eigenvalue weighted by Crippen LogP contribution is -2.14. The van der Waals surface area contributed by atoms with Crippen molar-refractivity contribution in [1.82, 2.24) is 9.88 Å². The van der Waals surface area contributed by atoms with E-state index in [2.05, 4.69) is 24.2 Å². The predicted octanol–water partition coefficient (Wildman–Crippen LogP) is 4.26. The molecule has 2 rings (SSSR count). The molecule has 1 aromatic carbocycles. The number of aromatic amines is 1. The van der Waals surface area contributed by atoms with Crippen molar-refractivity contribution in [2.75, 3.05) is 26.0 Å². The molecule has 0 bridgehead atoms. The molecular formula is C19H21FN4. The molecule has 0 aliphatic rings. The molecule has 0 unspecified atom stereocenters. The summed E-state index contributed by atoms with van der Waals surface area (Å²) in [6.45, 7) is 9.64. The van der Waals surface area contributed by atoms with Crippen LogP contribution >= 0.6 is 0 Å². The van der Waals surface area contributed by atoms with Gasteiger partial charge in [-0.05, 0) is 25.1 Å². The number of anilines is 1. The van der Waals surface area contributed by atoms with Crippen LogP contribution in [0.4, 0.5) is 10.1 Å². The zero-order valence-corrected chi connectivity index (χ0v) is 14.4. The van der Waals surface area contributed by atoms with Crippen LogP contribution in [0, 0.1) is 17.1 Å². The van der Waals surface area contributed by atoms with Gasteiger partial charge in [-0.15, -0.1) is 0 Å². The molecule has 5 heteroatoms. The molecule has 0 aliphatic heterocycles. The number of hydrogen-bond donors (Lipinski definition) is 1. The highest BCUT2D eigenvalue weighted by Gasteiger charge is 2.14. The highest BCUT2D eigenvalue weighted by atomic mass is 19.1. The molecule has 2 aromatic rings. The van der Waals surface area contributed by atoms with Crippen molar-refractivity contribution in [3.63, 3.8) is 0 Å². The van der Waals surface area contributed by atoms with E-state index in [0.29, 0.717) is 22.5 Å². The van der Waals surface area contributed by atoms with Crippen LogP contribution in [-0.2, 0) is 0 Å². The van der Waals surface area contributed by atoms with Gasteiger partial charge >= 0.3 is 0 Å². The zero-order chi connectivity index (χ0) is 18.0. The smallest absolute Gasteiger partial charge is 0.147 e. The van der Waals surface area contributed by atoms with E-state index in [1.165, 1.54) is 6.07 Å². The van der Waals surface area contributed by atoms with Gasteiger partial charge in [0, 0.05) is 55.2 Å². The van der Waals surface area contributed by atoms with Crippen LogP contribution in [0.1, 0.15) is 12.6 Å². The van der Waals surface area contributed by atoms with Crippen molar-refractivity contribution >= 4 is 22.2 Å². The van der Waals surface area contributed by atoms with Crippen molar-refractivity contribution in [2.45, 2.75) is 6.92 Å². The molecule has 0 atom stereocenters. The molecule has 0 amide bonds. The highest BCUT2D eigenvalue weighted by Crippen LogP contribution is 2.30. The number of fused-ring (bicyclic) bond motifs is 1. The van der Waals surface area contributed by atoms with Crippen molar-refractivity contribution < 1.29 is 4.39 Å². The van der Waals surface area contributed by atoms with Crippen LogP contribution in [0.2, 0.25) is 0 Å². The fourth-order valence-electron chi connectivity index (χ4n) is 2.34. The topological polar surface area (TPSA) is 46.1 Å². The first kappa shape index (κ1) is 17.4. The van der Waals surface area contributed by atoms with Crippen LogP contribution in [0.5, 0.6) is 0 Å². The van der Waals surface area contributed by atoms with Crippen LogP contribution in [0.3, 0.4) is 0 Å². The van der Waals surface area contributed by atoms with Gasteiger partial charge in [0.05, 0.1) is 11.3 Å². The molecule has 0 fully saturated rings. The number of hydrogen-bond acceptors (Lipinski definition) is 3.